The minimum atomic E-state index is -0.0447. The Labute approximate surface area is 121 Å². The second kappa shape index (κ2) is 6.95. The molecular formula is C16H26N2O2. The Hall–Kier alpha value is -1.26. The normalized spacial score (nSPS) is 18.4. The van der Waals surface area contributed by atoms with Gasteiger partial charge in [0.2, 0.25) is 0 Å². The second-order valence-electron chi connectivity index (χ2n) is 6.02. The van der Waals surface area contributed by atoms with Crippen molar-refractivity contribution in [2.75, 3.05) is 26.2 Å². The number of benzene rings is 1. The van der Waals surface area contributed by atoms with E-state index in [0.29, 0.717) is 12.0 Å². The molecule has 4 heteroatoms. The summed E-state index contributed by atoms with van der Waals surface area (Å²) in [5.74, 6) is 0.606. The smallest absolute Gasteiger partial charge is 0.157 e. The van der Waals surface area contributed by atoms with Crippen molar-refractivity contribution in [3.63, 3.8) is 0 Å². The van der Waals surface area contributed by atoms with Gasteiger partial charge in [-0.1, -0.05) is 19.9 Å². The summed E-state index contributed by atoms with van der Waals surface area (Å²) < 4.78 is 0. The average molecular weight is 278 g/mol. The van der Waals surface area contributed by atoms with Gasteiger partial charge in [0.05, 0.1) is 0 Å². The van der Waals surface area contributed by atoms with Crippen molar-refractivity contribution in [1.29, 1.82) is 0 Å². The van der Waals surface area contributed by atoms with Crippen molar-refractivity contribution in [1.82, 2.24) is 10.2 Å². The van der Waals surface area contributed by atoms with Crippen LogP contribution in [0.25, 0.3) is 0 Å². The van der Waals surface area contributed by atoms with Crippen LogP contribution in [-0.2, 0) is 0 Å². The van der Waals surface area contributed by atoms with E-state index in [4.69, 9.17) is 0 Å². The van der Waals surface area contributed by atoms with Crippen LogP contribution < -0.4 is 5.32 Å². The van der Waals surface area contributed by atoms with Crippen molar-refractivity contribution < 1.29 is 10.2 Å². The van der Waals surface area contributed by atoms with Gasteiger partial charge in [-0.15, -0.1) is 0 Å². The Kier molecular flexibility index (Phi) is 5.26. The van der Waals surface area contributed by atoms with E-state index in [1.807, 2.05) is 6.07 Å². The Morgan fingerprint density at radius 3 is 2.40 bits per heavy atom. The molecule has 1 aliphatic heterocycles. The van der Waals surface area contributed by atoms with Crippen LogP contribution in [0.1, 0.15) is 38.3 Å². The summed E-state index contributed by atoms with van der Waals surface area (Å²) in [6.07, 6.45) is 2.25. The molecule has 1 saturated heterocycles. The van der Waals surface area contributed by atoms with E-state index >= 15 is 0 Å². The van der Waals surface area contributed by atoms with E-state index < -0.39 is 0 Å². The molecule has 1 heterocycles. The van der Waals surface area contributed by atoms with Crippen molar-refractivity contribution in [3.05, 3.63) is 23.8 Å². The molecule has 20 heavy (non-hydrogen) atoms. The molecular weight excluding hydrogens is 252 g/mol. The first kappa shape index (κ1) is 15.1. The SMILES string of the molecule is CC(C)CC[C@H](c1ccc(O)c(O)c1)N1CCNCC1. The maximum Gasteiger partial charge on any atom is 0.157 e. The lowest BCUT2D eigenvalue weighted by atomic mass is 9.95. The molecule has 1 aromatic carbocycles. The van der Waals surface area contributed by atoms with Crippen LogP contribution >= 0.6 is 0 Å². The van der Waals surface area contributed by atoms with Gasteiger partial charge < -0.3 is 15.5 Å². The van der Waals surface area contributed by atoms with Gasteiger partial charge in [0.25, 0.3) is 0 Å². The van der Waals surface area contributed by atoms with Gasteiger partial charge in [0.1, 0.15) is 0 Å². The fraction of sp³-hybridized carbons (Fsp3) is 0.625. The van der Waals surface area contributed by atoms with E-state index in [1.165, 1.54) is 0 Å². The van der Waals surface area contributed by atoms with Gasteiger partial charge in [0.15, 0.2) is 11.5 Å². The lowest BCUT2D eigenvalue weighted by Gasteiger charge is -2.35. The predicted octanol–water partition coefficient (Wildman–Crippen LogP) is 2.48. The first-order valence-corrected chi connectivity index (χ1v) is 7.54. The number of phenolic OH excluding ortho intramolecular Hbond substituents is 2. The van der Waals surface area contributed by atoms with Crippen molar-refractivity contribution in [2.45, 2.75) is 32.7 Å². The van der Waals surface area contributed by atoms with Gasteiger partial charge in [-0.2, -0.15) is 0 Å². The number of piperazine rings is 1. The predicted molar refractivity (Wildman–Crippen MR) is 81.0 cm³/mol. The minimum absolute atomic E-state index is 0.0211. The fourth-order valence-corrected chi connectivity index (χ4v) is 2.79. The molecule has 1 aliphatic rings. The quantitative estimate of drug-likeness (QED) is 0.724. The fourth-order valence-electron chi connectivity index (χ4n) is 2.79. The molecule has 0 aromatic heterocycles. The molecule has 0 radical (unpaired) electrons. The number of hydrogen-bond donors (Lipinski definition) is 3. The molecule has 0 bridgehead atoms. The van der Waals surface area contributed by atoms with Crippen molar-refractivity contribution in [3.8, 4) is 11.5 Å². The highest BCUT2D eigenvalue weighted by atomic mass is 16.3. The Balaban J connectivity index is 2.17. The zero-order chi connectivity index (χ0) is 14.5. The third-order valence-electron chi connectivity index (χ3n) is 3.99. The molecule has 0 aliphatic carbocycles. The third kappa shape index (κ3) is 3.87. The average Bonchev–Trinajstić information content (AvgIpc) is 2.44. The maximum absolute atomic E-state index is 9.74. The summed E-state index contributed by atoms with van der Waals surface area (Å²) in [5.41, 5.74) is 1.10. The van der Waals surface area contributed by atoms with E-state index in [1.54, 1.807) is 12.1 Å². The van der Waals surface area contributed by atoms with Gasteiger partial charge in [-0.25, -0.2) is 0 Å². The van der Waals surface area contributed by atoms with Crippen molar-refractivity contribution >= 4 is 0 Å². The highest BCUT2D eigenvalue weighted by molar-refractivity contribution is 5.41. The molecule has 0 unspecified atom stereocenters. The molecule has 0 saturated carbocycles. The summed E-state index contributed by atoms with van der Waals surface area (Å²) in [6, 6.07) is 5.56. The Morgan fingerprint density at radius 1 is 1.10 bits per heavy atom. The number of aromatic hydroxyl groups is 2. The van der Waals surface area contributed by atoms with Crippen LogP contribution in [-0.4, -0.2) is 41.3 Å². The molecule has 1 aromatic rings. The lowest BCUT2D eigenvalue weighted by Crippen LogP contribution is -2.45. The number of hydrogen-bond acceptors (Lipinski definition) is 4. The summed E-state index contributed by atoms with van der Waals surface area (Å²) in [5, 5.41) is 22.6. The molecule has 4 nitrogen and oxygen atoms in total. The first-order chi connectivity index (χ1) is 9.58. The van der Waals surface area contributed by atoms with E-state index in [0.717, 1.165) is 44.6 Å². The summed E-state index contributed by atoms with van der Waals surface area (Å²) in [6.45, 7) is 8.57. The van der Waals surface area contributed by atoms with E-state index in [-0.39, 0.29) is 11.5 Å². The number of nitrogens with zero attached hydrogens (tertiary/aromatic N) is 1. The zero-order valence-corrected chi connectivity index (χ0v) is 12.5. The summed E-state index contributed by atoms with van der Waals surface area (Å²) in [7, 11) is 0. The molecule has 0 spiro atoms. The highest BCUT2D eigenvalue weighted by Crippen LogP contribution is 2.33. The van der Waals surface area contributed by atoms with Crippen LogP contribution in [0.15, 0.2) is 18.2 Å². The summed E-state index contributed by atoms with van der Waals surface area (Å²) >= 11 is 0. The van der Waals surface area contributed by atoms with Gasteiger partial charge in [0, 0.05) is 32.2 Å². The van der Waals surface area contributed by atoms with Crippen LogP contribution in [0.4, 0.5) is 0 Å². The topological polar surface area (TPSA) is 55.7 Å². The molecule has 112 valence electrons. The molecule has 1 fully saturated rings. The highest BCUT2D eigenvalue weighted by Gasteiger charge is 2.23. The van der Waals surface area contributed by atoms with Gasteiger partial charge in [-0.3, -0.25) is 4.90 Å². The van der Waals surface area contributed by atoms with E-state index in [2.05, 4.69) is 24.1 Å². The molecule has 2 rings (SSSR count). The number of rotatable bonds is 5. The molecule has 0 amide bonds. The number of phenols is 2. The van der Waals surface area contributed by atoms with Crippen LogP contribution in [0.2, 0.25) is 0 Å². The molecule has 3 N–H and O–H groups in total. The van der Waals surface area contributed by atoms with Crippen LogP contribution in [0.5, 0.6) is 11.5 Å². The Bertz CT molecular complexity index is 428. The minimum Gasteiger partial charge on any atom is -0.504 e. The maximum atomic E-state index is 9.74. The van der Waals surface area contributed by atoms with Gasteiger partial charge >= 0.3 is 0 Å². The Morgan fingerprint density at radius 2 is 1.80 bits per heavy atom. The van der Waals surface area contributed by atoms with Gasteiger partial charge in [-0.05, 0) is 36.5 Å². The second-order valence-corrected chi connectivity index (χ2v) is 6.02. The van der Waals surface area contributed by atoms with Crippen LogP contribution in [0, 0.1) is 5.92 Å². The standard InChI is InChI=1S/C16H26N2O2/c1-12(2)3-5-14(18-9-7-17-8-10-18)13-4-6-15(19)16(20)11-13/h4,6,11-12,14,17,19-20H,3,5,7-10H2,1-2H3/t14-/m1/s1. The summed E-state index contributed by atoms with van der Waals surface area (Å²) in [4.78, 5) is 2.48. The van der Waals surface area contributed by atoms with Crippen molar-refractivity contribution in [2.24, 2.45) is 5.92 Å². The number of nitrogens with one attached hydrogen (secondary N) is 1. The largest absolute Gasteiger partial charge is 0.504 e. The zero-order valence-electron chi connectivity index (χ0n) is 12.5. The first-order valence-electron chi connectivity index (χ1n) is 7.54. The van der Waals surface area contributed by atoms with E-state index in [9.17, 15) is 10.2 Å². The molecule has 1 atom stereocenters. The lowest BCUT2D eigenvalue weighted by molar-refractivity contribution is 0.159. The third-order valence-corrected chi connectivity index (χ3v) is 3.99. The monoisotopic (exact) mass is 278 g/mol. The van der Waals surface area contributed by atoms with Crippen LogP contribution in [0.3, 0.4) is 0 Å².